The number of hydrogen-bond donors (Lipinski definition) is 1. The molecule has 1 aliphatic rings. The highest BCUT2D eigenvalue weighted by atomic mass is 16.4. The summed E-state index contributed by atoms with van der Waals surface area (Å²) in [5.41, 5.74) is 0.864. The van der Waals surface area contributed by atoms with Crippen LogP contribution in [0.1, 0.15) is 37.5 Å². The smallest absolute Gasteiger partial charge is 0.134 e. The van der Waals surface area contributed by atoms with Crippen LogP contribution in [0.4, 0.5) is 0 Å². The quantitative estimate of drug-likeness (QED) is 0.846. The first-order valence-electron chi connectivity index (χ1n) is 5.99. The molecule has 0 aliphatic heterocycles. The maximum absolute atomic E-state index is 10.0. The van der Waals surface area contributed by atoms with Gasteiger partial charge in [0.15, 0.2) is 0 Å². The van der Waals surface area contributed by atoms with E-state index in [9.17, 15) is 5.11 Å². The molecule has 0 saturated heterocycles. The number of furan rings is 1. The topological polar surface area (TPSA) is 33.4 Å². The Morgan fingerprint density at radius 1 is 1.31 bits per heavy atom. The van der Waals surface area contributed by atoms with E-state index in [1.54, 1.807) is 0 Å². The Bertz CT molecular complexity index is 449. The van der Waals surface area contributed by atoms with Crippen molar-refractivity contribution >= 4 is 11.0 Å². The monoisotopic (exact) mass is 216 g/mol. The molecule has 1 N–H and O–H groups in total. The van der Waals surface area contributed by atoms with Crippen LogP contribution in [0.3, 0.4) is 0 Å². The predicted molar refractivity (Wildman–Crippen MR) is 63.1 cm³/mol. The van der Waals surface area contributed by atoms with E-state index >= 15 is 0 Å². The molecule has 1 aliphatic carbocycles. The third kappa shape index (κ3) is 1.98. The SMILES string of the molecule is OC(CCC1CC1)c1cc2ccccc2o1. The number of aliphatic hydroxyl groups excluding tert-OH is 1. The predicted octanol–water partition coefficient (Wildman–Crippen LogP) is 3.66. The molecule has 1 atom stereocenters. The number of rotatable bonds is 4. The van der Waals surface area contributed by atoms with Crippen molar-refractivity contribution in [3.63, 3.8) is 0 Å². The summed E-state index contributed by atoms with van der Waals surface area (Å²) >= 11 is 0. The maximum Gasteiger partial charge on any atom is 0.134 e. The van der Waals surface area contributed by atoms with E-state index in [0.29, 0.717) is 5.76 Å². The van der Waals surface area contributed by atoms with Gasteiger partial charge in [0.2, 0.25) is 0 Å². The van der Waals surface area contributed by atoms with Gasteiger partial charge in [-0.1, -0.05) is 31.0 Å². The zero-order chi connectivity index (χ0) is 11.0. The van der Waals surface area contributed by atoms with E-state index in [-0.39, 0.29) is 0 Å². The molecule has 0 bridgehead atoms. The second-order valence-corrected chi connectivity index (χ2v) is 4.72. The van der Waals surface area contributed by atoms with E-state index in [4.69, 9.17) is 4.42 Å². The Hall–Kier alpha value is -1.28. The summed E-state index contributed by atoms with van der Waals surface area (Å²) in [4.78, 5) is 0. The molecule has 1 fully saturated rings. The summed E-state index contributed by atoms with van der Waals surface area (Å²) in [6.07, 6.45) is 4.19. The van der Waals surface area contributed by atoms with Crippen LogP contribution in [0, 0.1) is 5.92 Å². The molecule has 1 unspecified atom stereocenters. The van der Waals surface area contributed by atoms with Gasteiger partial charge in [-0.05, 0) is 30.9 Å². The van der Waals surface area contributed by atoms with Gasteiger partial charge in [0.25, 0.3) is 0 Å². The number of aliphatic hydroxyl groups is 1. The minimum Gasteiger partial charge on any atom is -0.458 e. The second kappa shape index (κ2) is 3.95. The highest BCUT2D eigenvalue weighted by Crippen LogP contribution is 2.36. The van der Waals surface area contributed by atoms with Crippen molar-refractivity contribution in [1.82, 2.24) is 0 Å². The molecule has 0 amide bonds. The van der Waals surface area contributed by atoms with Crippen molar-refractivity contribution in [2.75, 3.05) is 0 Å². The van der Waals surface area contributed by atoms with Gasteiger partial charge in [0, 0.05) is 5.39 Å². The first kappa shape index (κ1) is 9.91. The number of para-hydroxylation sites is 1. The molecule has 1 heterocycles. The van der Waals surface area contributed by atoms with Crippen LogP contribution in [-0.4, -0.2) is 5.11 Å². The average molecular weight is 216 g/mol. The molecule has 1 saturated carbocycles. The van der Waals surface area contributed by atoms with Crippen LogP contribution in [0.2, 0.25) is 0 Å². The zero-order valence-corrected chi connectivity index (χ0v) is 9.23. The summed E-state index contributed by atoms with van der Waals surface area (Å²) in [5, 5.41) is 11.1. The van der Waals surface area contributed by atoms with E-state index in [1.807, 2.05) is 30.3 Å². The van der Waals surface area contributed by atoms with Gasteiger partial charge < -0.3 is 9.52 Å². The Labute approximate surface area is 94.9 Å². The van der Waals surface area contributed by atoms with Gasteiger partial charge in [-0.25, -0.2) is 0 Å². The molecular weight excluding hydrogens is 200 g/mol. The first-order valence-corrected chi connectivity index (χ1v) is 5.99. The summed E-state index contributed by atoms with van der Waals surface area (Å²) in [7, 11) is 0. The molecule has 1 aromatic carbocycles. The van der Waals surface area contributed by atoms with Crippen molar-refractivity contribution in [3.05, 3.63) is 36.1 Å². The van der Waals surface area contributed by atoms with Crippen molar-refractivity contribution in [2.45, 2.75) is 31.8 Å². The van der Waals surface area contributed by atoms with Crippen molar-refractivity contribution in [2.24, 2.45) is 5.92 Å². The molecule has 0 spiro atoms. The zero-order valence-electron chi connectivity index (χ0n) is 9.23. The lowest BCUT2D eigenvalue weighted by atomic mass is 10.1. The second-order valence-electron chi connectivity index (χ2n) is 4.72. The Morgan fingerprint density at radius 3 is 2.88 bits per heavy atom. The Kier molecular flexibility index (Phi) is 2.44. The van der Waals surface area contributed by atoms with Crippen LogP contribution in [0.5, 0.6) is 0 Å². The highest BCUT2D eigenvalue weighted by Gasteiger charge is 2.23. The van der Waals surface area contributed by atoms with Gasteiger partial charge in [0.05, 0.1) is 0 Å². The largest absolute Gasteiger partial charge is 0.458 e. The van der Waals surface area contributed by atoms with Crippen LogP contribution in [-0.2, 0) is 0 Å². The number of benzene rings is 1. The van der Waals surface area contributed by atoms with Gasteiger partial charge in [-0.15, -0.1) is 0 Å². The first-order chi connectivity index (χ1) is 7.83. The number of hydrogen-bond acceptors (Lipinski definition) is 2. The molecule has 16 heavy (non-hydrogen) atoms. The highest BCUT2D eigenvalue weighted by molar-refractivity contribution is 5.77. The standard InChI is InChI=1S/C14H16O2/c15-12(8-7-10-5-6-10)14-9-11-3-1-2-4-13(11)16-14/h1-4,9-10,12,15H,5-8H2. The fraction of sp³-hybridized carbons (Fsp3) is 0.429. The minimum absolute atomic E-state index is 0.437. The van der Waals surface area contributed by atoms with Crippen LogP contribution in [0.15, 0.2) is 34.7 Å². The van der Waals surface area contributed by atoms with Crippen molar-refractivity contribution in [3.8, 4) is 0 Å². The van der Waals surface area contributed by atoms with Gasteiger partial charge in [-0.2, -0.15) is 0 Å². The van der Waals surface area contributed by atoms with E-state index in [2.05, 4.69) is 0 Å². The fourth-order valence-electron chi connectivity index (χ4n) is 2.11. The molecule has 2 nitrogen and oxygen atoms in total. The molecule has 2 heteroatoms. The van der Waals surface area contributed by atoms with Gasteiger partial charge >= 0.3 is 0 Å². The van der Waals surface area contributed by atoms with Crippen molar-refractivity contribution in [1.29, 1.82) is 0 Å². The van der Waals surface area contributed by atoms with Crippen molar-refractivity contribution < 1.29 is 9.52 Å². The molecular formula is C14H16O2. The molecule has 84 valence electrons. The van der Waals surface area contributed by atoms with Crippen LogP contribution < -0.4 is 0 Å². The molecule has 1 aromatic heterocycles. The Morgan fingerprint density at radius 2 is 2.12 bits per heavy atom. The third-order valence-corrected chi connectivity index (χ3v) is 3.32. The lowest BCUT2D eigenvalue weighted by molar-refractivity contribution is 0.138. The fourth-order valence-corrected chi connectivity index (χ4v) is 2.11. The van der Waals surface area contributed by atoms with Gasteiger partial charge in [-0.3, -0.25) is 0 Å². The summed E-state index contributed by atoms with van der Waals surface area (Å²) in [6, 6.07) is 9.83. The lowest BCUT2D eigenvalue weighted by Gasteiger charge is -2.05. The van der Waals surface area contributed by atoms with Crippen LogP contribution in [0.25, 0.3) is 11.0 Å². The normalized spacial score (nSPS) is 17.8. The molecule has 0 radical (unpaired) electrons. The van der Waals surface area contributed by atoms with Gasteiger partial charge in [0.1, 0.15) is 17.4 Å². The third-order valence-electron chi connectivity index (χ3n) is 3.32. The summed E-state index contributed by atoms with van der Waals surface area (Å²) < 4.78 is 5.63. The number of fused-ring (bicyclic) bond motifs is 1. The minimum atomic E-state index is -0.437. The van der Waals surface area contributed by atoms with Crippen LogP contribution >= 0.6 is 0 Å². The van der Waals surface area contributed by atoms with E-state index in [0.717, 1.165) is 29.7 Å². The van der Waals surface area contributed by atoms with E-state index < -0.39 is 6.10 Å². The maximum atomic E-state index is 10.0. The summed E-state index contributed by atoms with van der Waals surface area (Å²) in [6.45, 7) is 0. The summed E-state index contributed by atoms with van der Waals surface area (Å²) in [5.74, 6) is 1.57. The average Bonchev–Trinajstić information content (AvgIpc) is 3.02. The Balaban J connectivity index is 1.76. The molecule has 3 rings (SSSR count). The molecule has 2 aromatic rings. The van der Waals surface area contributed by atoms with E-state index in [1.165, 1.54) is 12.8 Å². The lowest BCUT2D eigenvalue weighted by Crippen LogP contribution is -1.95.